The number of imide groups is 1. The number of thioether (sulfide) groups is 1. The monoisotopic (exact) mass is 626 g/mol. The van der Waals surface area contributed by atoms with Crippen LogP contribution in [0.25, 0.3) is 0 Å². The molecule has 0 aromatic carbocycles. The number of carbonyl (C=O) groups excluding carboxylic acids is 3. The number of aromatic nitrogens is 3. The Labute approximate surface area is 261 Å². The molecule has 8 rings (SSSR count). The van der Waals surface area contributed by atoms with Crippen molar-refractivity contribution in [3.05, 3.63) is 34.5 Å². The number of ether oxygens (including phenoxy) is 2. The van der Waals surface area contributed by atoms with Crippen LogP contribution < -0.4 is 0 Å². The smallest absolute Gasteiger partial charge is 0.293 e. The van der Waals surface area contributed by atoms with Crippen LogP contribution in [-0.2, 0) is 32.2 Å². The third kappa shape index (κ3) is 4.00. The van der Waals surface area contributed by atoms with Crippen molar-refractivity contribution in [3.63, 3.8) is 0 Å². The second kappa shape index (κ2) is 10.3. The zero-order valence-corrected chi connectivity index (χ0v) is 26.6. The molecule has 4 bridgehead atoms. The van der Waals surface area contributed by atoms with Crippen LogP contribution in [0.4, 0.5) is 4.79 Å². The summed E-state index contributed by atoms with van der Waals surface area (Å²) in [6, 6.07) is 0. The second-order valence-corrected chi connectivity index (χ2v) is 15.6. The number of allylic oxidation sites excluding steroid dienone is 1. The first-order chi connectivity index (χ1) is 20.8. The highest BCUT2D eigenvalue weighted by atomic mass is 32.2. The van der Waals surface area contributed by atoms with Crippen molar-refractivity contribution in [1.82, 2.24) is 19.9 Å². The van der Waals surface area contributed by atoms with Gasteiger partial charge in [0.1, 0.15) is 5.69 Å². The number of ketones is 1. The van der Waals surface area contributed by atoms with Crippen LogP contribution in [0.1, 0.15) is 71.9 Å². The lowest BCUT2D eigenvalue weighted by Crippen LogP contribution is -2.78. The van der Waals surface area contributed by atoms with Crippen LogP contribution in [0.5, 0.6) is 0 Å². The molecule has 11 nitrogen and oxygen atoms in total. The van der Waals surface area contributed by atoms with Gasteiger partial charge >= 0.3 is 0 Å². The molecular weight excluding hydrogens is 584 g/mol. The molecule has 3 saturated heterocycles. The fourth-order valence-electron chi connectivity index (χ4n) is 10.0. The van der Waals surface area contributed by atoms with Crippen molar-refractivity contribution in [2.24, 2.45) is 34.0 Å². The van der Waals surface area contributed by atoms with E-state index in [1.807, 2.05) is 13.8 Å². The van der Waals surface area contributed by atoms with Gasteiger partial charge in [-0.05, 0) is 74.6 Å². The maximum Gasteiger partial charge on any atom is 0.293 e. The molecule has 0 unspecified atom stereocenters. The van der Waals surface area contributed by atoms with Gasteiger partial charge in [0, 0.05) is 23.8 Å². The summed E-state index contributed by atoms with van der Waals surface area (Å²) in [5, 5.41) is 31.3. The van der Waals surface area contributed by atoms with Crippen molar-refractivity contribution in [2.45, 2.75) is 104 Å². The van der Waals surface area contributed by atoms with Gasteiger partial charge in [0.15, 0.2) is 12.1 Å². The van der Waals surface area contributed by atoms with E-state index in [0.717, 1.165) is 36.6 Å². The lowest BCUT2D eigenvalue weighted by atomic mass is 9.37. The minimum atomic E-state index is -1.16. The van der Waals surface area contributed by atoms with Gasteiger partial charge in [-0.2, -0.15) is 0 Å². The van der Waals surface area contributed by atoms with Crippen molar-refractivity contribution in [3.8, 4) is 0 Å². The SMILES string of the molecule is C=C1C(=O)[C@]23[C@H](O)[C@H]1C[C@H](O)[C@H]2[C@]12CCCC(C)(C)[C@H]1C[C@H]3O[C@@H]2OCCCn1cc(CN2C(=O)SC(=C(C)C)C2=O)nn1. The standard InChI is InChI=1S/C32H42N4O7S/c1-16(2)23-27(40)36(29(41)44-23)15-18-14-35(34-33-18)10-7-11-42-28-31-9-6-8-30(4,5)21(31)13-22(43-28)32-24(31)20(37)12-19(26(32)39)17(3)25(32)38/h14,19-22,24,26,28,37,39H,3,6-13,15H2,1-2,4-5H3/t19-,20-,21+,22+,24-,26+,28-,31-,32+/m0/s1. The molecule has 44 heavy (non-hydrogen) atoms. The summed E-state index contributed by atoms with van der Waals surface area (Å²) in [5.74, 6) is -1.12. The summed E-state index contributed by atoms with van der Waals surface area (Å²) in [5.41, 5.74) is -0.0191. The van der Waals surface area contributed by atoms with Gasteiger partial charge in [-0.15, -0.1) is 5.10 Å². The largest absolute Gasteiger partial charge is 0.393 e. The number of amides is 2. The van der Waals surface area contributed by atoms with Crippen LogP contribution in [0.3, 0.4) is 0 Å². The zero-order valence-electron chi connectivity index (χ0n) is 25.8. The van der Waals surface area contributed by atoms with Crippen LogP contribution >= 0.6 is 11.8 Å². The van der Waals surface area contributed by atoms with Crippen LogP contribution in [0, 0.1) is 34.0 Å². The quantitative estimate of drug-likeness (QED) is 0.340. The molecule has 2 amide bonds. The molecule has 2 spiro atoms. The van der Waals surface area contributed by atoms with Crippen LogP contribution in [0.2, 0.25) is 0 Å². The van der Waals surface area contributed by atoms with Gasteiger partial charge in [0.2, 0.25) is 0 Å². The van der Waals surface area contributed by atoms with E-state index >= 15 is 0 Å². The minimum absolute atomic E-state index is 0.0240. The van der Waals surface area contributed by atoms with Gasteiger partial charge in [-0.1, -0.05) is 37.6 Å². The fourth-order valence-corrected chi connectivity index (χ4v) is 10.8. The number of hydrogen-bond acceptors (Lipinski definition) is 10. The maximum atomic E-state index is 13.9. The second-order valence-electron chi connectivity index (χ2n) is 14.6. The van der Waals surface area contributed by atoms with Crippen LogP contribution in [-0.4, -0.2) is 78.2 Å². The molecule has 4 aliphatic carbocycles. The molecule has 4 heterocycles. The topological polar surface area (TPSA) is 144 Å². The molecule has 1 aromatic heterocycles. The van der Waals surface area contributed by atoms with Crippen molar-refractivity contribution < 1.29 is 34.1 Å². The Balaban J connectivity index is 1.06. The molecule has 9 atom stereocenters. The number of aliphatic hydroxyl groups excluding tert-OH is 2. The Morgan fingerprint density at radius 3 is 2.70 bits per heavy atom. The first-order valence-corrected chi connectivity index (χ1v) is 16.6. The zero-order chi connectivity index (χ0) is 31.3. The van der Waals surface area contributed by atoms with Crippen molar-refractivity contribution in [2.75, 3.05) is 6.61 Å². The average molecular weight is 627 g/mol. The molecule has 4 saturated carbocycles. The molecular formula is C32H42N4O7S. The molecule has 2 N–H and O–H groups in total. The lowest BCUT2D eigenvalue weighted by Gasteiger charge is -2.72. The van der Waals surface area contributed by atoms with Gasteiger partial charge < -0.3 is 19.7 Å². The summed E-state index contributed by atoms with van der Waals surface area (Å²) < 4.78 is 14.9. The number of aliphatic hydroxyl groups is 2. The van der Waals surface area contributed by atoms with E-state index < -0.39 is 47.3 Å². The summed E-state index contributed by atoms with van der Waals surface area (Å²) in [6.45, 7) is 13.2. The number of rotatable bonds is 7. The molecule has 3 aliphatic heterocycles. The van der Waals surface area contributed by atoms with E-state index in [0.29, 0.717) is 48.6 Å². The van der Waals surface area contributed by atoms with Gasteiger partial charge in [-0.3, -0.25) is 24.0 Å². The van der Waals surface area contributed by atoms with E-state index in [1.165, 1.54) is 4.90 Å². The van der Waals surface area contributed by atoms with Crippen molar-refractivity contribution in [1.29, 1.82) is 0 Å². The first-order valence-electron chi connectivity index (χ1n) is 15.8. The molecule has 238 valence electrons. The van der Waals surface area contributed by atoms with E-state index in [9.17, 15) is 24.6 Å². The Morgan fingerprint density at radius 1 is 1.20 bits per heavy atom. The Bertz CT molecular complexity index is 1470. The van der Waals surface area contributed by atoms with Crippen molar-refractivity contribution >= 4 is 28.7 Å². The number of carbonyl (C=O) groups is 3. The third-order valence-corrected chi connectivity index (χ3v) is 12.9. The van der Waals surface area contributed by atoms with E-state index in [4.69, 9.17) is 9.47 Å². The van der Waals surface area contributed by atoms with E-state index in [2.05, 4.69) is 30.7 Å². The fraction of sp³-hybridized carbons (Fsp3) is 0.719. The van der Waals surface area contributed by atoms with Gasteiger partial charge in [-0.25, -0.2) is 0 Å². The summed E-state index contributed by atoms with van der Waals surface area (Å²) >= 11 is 0.950. The Morgan fingerprint density at radius 2 is 1.98 bits per heavy atom. The Kier molecular flexibility index (Phi) is 7.10. The highest BCUT2D eigenvalue weighted by molar-refractivity contribution is 8.18. The highest BCUT2D eigenvalue weighted by Crippen LogP contribution is 2.75. The summed E-state index contributed by atoms with van der Waals surface area (Å²) in [7, 11) is 0. The summed E-state index contributed by atoms with van der Waals surface area (Å²) in [4.78, 5) is 40.5. The molecule has 1 aromatic rings. The number of fused-ring (bicyclic) bond motifs is 2. The molecule has 7 fully saturated rings. The Hall–Kier alpha value is -2.38. The lowest BCUT2D eigenvalue weighted by molar-refractivity contribution is -0.402. The molecule has 7 aliphatic rings. The predicted octanol–water partition coefficient (Wildman–Crippen LogP) is 3.60. The van der Waals surface area contributed by atoms with Crippen LogP contribution in [0.15, 0.2) is 28.8 Å². The molecule has 12 heteroatoms. The molecule has 0 radical (unpaired) electrons. The predicted molar refractivity (Wildman–Crippen MR) is 160 cm³/mol. The van der Waals surface area contributed by atoms with E-state index in [1.54, 1.807) is 10.9 Å². The van der Waals surface area contributed by atoms with Gasteiger partial charge in [0.05, 0.1) is 48.0 Å². The normalized spacial score (nSPS) is 40.5. The maximum absolute atomic E-state index is 13.9. The number of Topliss-reactive ketones (excluding diaryl/α,β-unsaturated/α-hetero) is 1. The average Bonchev–Trinajstić information content (AvgIpc) is 3.57. The number of nitrogens with zero attached hydrogens (tertiary/aromatic N) is 4. The van der Waals surface area contributed by atoms with Gasteiger partial charge in [0.25, 0.3) is 11.1 Å². The first kappa shape index (κ1) is 30.3. The number of aryl methyl sites for hydroxylation is 1. The van der Waals surface area contributed by atoms with E-state index in [-0.39, 0.29) is 34.8 Å². The highest BCUT2D eigenvalue weighted by Gasteiger charge is 2.81. The number of hydrogen-bond donors (Lipinski definition) is 2. The third-order valence-electron chi connectivity index (χ3n) is 11.7. The summed E-state index contributed by atoms with van der Waals surface area (Å²) in [6.07, 6.45) is 3.33. The minimum Gasteiger partial charge on any atom is -0.393 e.